The summed E-state index contributed by atoms with van der Waals surface area (Å²) < 4.78 is 6.36. The van der Waals surface area contributed by atoms with E-state index in [1.54, 1.807) is 13.8 Å². The Bertz CT molecular complexity index is 456. The molecule has 0 saturated carbocycles. The Labute approximate surface area is 112 Å². The van der Waals surface area contributed by atoms with Gasteiger partial charge in [0, 0.05) is 13.1 Å². The van der Waals surface area contributed by atoms with Crippen LogP contribution in [0, 0.1) is 0 Å². The summed E-state index contributed by atoms with van der Waals surface area (Å²) >= 11 is 0. The van der Waals surface area contributed by atoms with Gasteiger partial charge >= 0.3 is 5.97 Å². The highest BCUT2D eigenvalue weighted by Crippen LogP contribution is 2.13. The number of nitrogens with two attached hydrogens (primary N) is 1. The first-order valence-corrected chi connectivity index (χ1v) is 6.31. The van der Waals surface area contributed by atoms with Crippen LogP contribution in [0.4, 0.5) is 5.69 Å². The summed E-state index contributed by atoms with van der Waals surface area (Å²) in [5.74, 6) is -0.744. The second-order valence-corrected chi connectivity index (χ2v) is 3.89. The van der Waals surface area contributed by atoms with Crippen molar-refractivity contribution in [3.63, 3.8) is 0 Å². The van der Waals surface area contributed by atoms with Crippen LogP contribution in [0.2, 0.25) is 0 Å². The lowest BCUT2D eigenvalue weighted by Gasteiger charge is -2.20. The summed E-state index contributed by atoms with van der Waals surface area (Å²) in [7, 11) is 0. The standard InChI is InChI=1S/C12H20N4O3/c1-4-15(8-10(17)19-6-3)12(18)11-9(13)7-14-16(11)5-2/h7H,4-6,8,13H2,1-3H3. The number of carbonyl (C=O) groups is 2. The number of nitrogens with zero attached hydrogens (tertiary/aromatic N) is 3. The van der Waals surface area contributed by atoms with Crippen LogP contribution in [-0.2, 0) is 16.1 Å². The van der Waals surface area contributed by atoms with Crippen molar-refractivity contribution >= 4 is 17.6 Å². The number of aromatic nitrogens is 2. The number of hydrogen-bond acceptors (Lipinski definition) is 5. The Morgan fingerprint density at radius 1 is 1.42 bits per heavy atom. The van der Waals surface area contributed by atoms with Gasteiger partial charge < -0.3 is 15.4 Å². The van der Waals surface area contributed by atoms with Gasteiger partial charge in [-0.3, -0.25) is 14.3 Å². The fourth-order valence-corrected chi connectivity index (χ4v) is 1.71. The molecule has 7 nitrogen and oxygen atoms in total. The lowest BCUT2D eigenvalue weighted by molar-refractivity contribution is -0.143. The quantitative estimate of drug-likeness (QED) is 0.759. The molecule has 0 bridgehead atoms. The molecular formula is C12H20N4O3. The number of rotatable bonds is 6. The normalized spacial score (nSPS) is 10.3. The molecule has 1 aromatic heterocycles. The number of esters is 1. The lowest BCUT2D eigenvalue weighted by atomic mass is 10.3. The molecule has 1 rings (SSSR count). The van der Waals surface area contributed by atoms with Crippen molar-refractivity contribution in [1.29, 1.82) is 0 Å². The van der Waals surface area contributed by atoms with Crippen molar-refractivity contribution < 1.29 is 14.3 Å². The lowest BCUT2D eigenvalue weighted by Crippen LogP contribution is -2.37. The Morgan fingerprint density at radius 2 is 2.11 bits per heavy atom. The Morgan fingerprint density at radius 3 is 2.63 bits per heavy atom. The largest absolute Gasteiger partial charge is 0.465 e. The molecule has 0 fully saturated rings. The van der Waals surface area contributed by atoms with E-state index in [-0.39, 0.29) is 12.5 Å². The molecule has 0 atom stereocenters. The number of ether oxygens (including phenoxy) is 1. The minimum Gasteiger partial charge on any atom is -0.465 e. The van der Waals surface area contributed by atoms with Gasteiger partial charge in [0.15, 0.2) is 0 Å². The van der Waals surface area contributed by atoms with Gasteiger partial charge in [-0.1, -0.05) is 0 Å². The first-order valence-electron chi connectivity index (χ1n) is 6.31. The second-order valence-electron chi connectivity index (χ2n) is 3.89. The Hall–Kier alpha value is -2.05. The monoisotopic (exact) mass is 268 g/mol. The van der Waals surface area contributed by atoms with Crippen LogP contribution in [0.3, 0.4) is 0 Å². The van der Waals surface area contributed by atoms with Crippen molar-refractivity contribution in [3.8, 4) is 0 Å². The van der Waals surface area contributed by atoms with Crippen molar-refractivity contribution in [2.24, 2.45) is 0 Å². The maximum atomic E-state index is 12.4. The molecule has 1 aromatic rings. The van der Waals surface area contributed by atoms with E-state index in [2.05, 4.69) is 5.10 Å². The average Bonchev–Trinajstić information content (AvgIpc) is 2.76. The third-order valence-corrected chi connectivity index (χ3v) is 2.66. The van der Waals surface area contributed by atoms with Gasteiger partial charge in [-0.15, -0.1) is 0 Å². The fraction of sp³-hybridized carbons (Fsp3) is 0.583. The number of hydrogen-bond donors (Lipinski definition) is 1. The van der Waals surface area contributed by atoms with Gasteiger partial charge in [-0.25, -0.2) is 0 Å². The summed E-state index contributed by atoms with van der Waals surface area (Å²) in [5.41, 5.74) is 6.38. The highest BCUT2D eigenvalue weighted by molar-refractivity contribution is 5.98. The maximum Gasteiger partial charge on any atom is 0.325 e. The number of aryl methyl sites for hydroxylation is 1. The molecule has 0 saturated heterocycles. The van der Waals surface area contributed by atoms with Crippen LogP contribution in [0.5, 0.6) is 0 Å². The molecule has 7 heteroatoms. The average molecular weight is 268 g/mol. The fourth-order valence-electron chi connectivity index (χ4n) is 1.71. The maximum absolute atomic E-state index is 12.4. The zero-order chi connectivity index (χ0) is 14.4. The highest BCUT2D eigenvalue weighted by atomic mass is 16.5. The van der Waals surface area contributed by atoms with Gasteiger partial charge in [-0.05, 0) is 20.8 Å². The van der Waals surface area contributed by atoms with Gasteiger partial charge in [0.05, 0.1) is 18.5 Å². The summed E-state index contributed by atoms with van der Waals surface area (Å²) in [4.78, 5) is 25.2. The third kappa shape index (κ3) is 3.46. The minimum absolute atomic E-state index is 0.0858. The van der Waals surface area contributed by atoms with E-state index in [0.29, 0.717) is 31.1 Å². The molecule has 0 unspecified atom stereocenters. The smallest absolute Gasteiger partial charge is 0.325 e. The van der Waals surface area contributed by atoms with Crippen molar-refractivity contribution in [2.75, 3.05) is 25.4 Å². The van der Waals surface area contributed by atoms with Crippen LogP contribution in [0.1, 0.15) is 31.3 Å². The van der Waals surface area contributed by atoms with Crippen LogP contribution in [0.15, 0.2) is 6.20 Å². The third-order valence-electron chi connectivity index (χ3n) is 2.66. The summed E-state index contributed by atoms with van der Waals surface area (Å²) in [6, 6.07) is 0. The number of likely N-dealkylation sites (N-methyl/N-ethyl adjacent to an activating group) is 1. The van der Waals surface area contributed by atoms with E-state index in [0.717, 1.165) is 0 Å². The molecule has 0 aliphatic heterocycles. The van der Waals surface area contributed by atoms with Gasteiger partial charge in [0.25, 0.3) is 5.91 Å². The van der Waals surface area contributed by atoms with Crippen molar-refractivity contribution in [1.82, 2.24) is 14.7 Å². The Kier molecular flexibility index (Phi) is 5.35. The highest BCUT2D eigenvalue weighted by Gasteiger charge is 2.23. The first-order chi connectivity index (χ1) is 9.04. The van der Waals surface area contributed by atoms with E-state index >= 15 is 0 Å². The molecule has 2 N–H and O–H groups in total. The number of nitrogen functional groups attached to an aromatic ring is 1. The minimum atomic E-state index is -0.432. The van der Waals surface area contributed by atoms with Crippen LogP contribution >= 0.6 is 0 Å². The first kappa shape index (κ1) is 15.0. The predicted molar refractivity (Wildman–Crippen MR) is 70.5 cm³/mol. The van der Waals surface area contributed by atoms with Gasteiger partial charge in [0.2, 0.25) is 0 Å². The molecule has 106 valence electrons. The van der Waals surface area contributed by atoms with E-state index < -0.39 is 5.97 Å². The number of carbonyl (C=O) groups excluding carboxylic acids is 2. The van der Waals surface area contributed by atoms with Crippen LogP contribution < -0.4 is 5.73 Å². The topological polar surface area (TPSA) is 90.4 Å². The predicted octanol–water partition coefficient (Wildman–Crippen LogP) is 0.510. The van der Waals surface area contributed by atoms with Gasteiger partial charge in [0.1, 0.15) is 12.2 Å². The summed E-state index contributed by atoms with van der Waals surface area (Å²) in [5, 5.41) is 4.02. The molecule has 0 radical (unpaired) electrons. The second kappa shape index (κ2) is 6.77. The van der Waals surface area contributed by atoms with Gasteiger partial charge in [-0.2, -0.15) is 5.10 Å². The Balaban J connectivity index is 2.89. The van der Waals surface area contributed by atoms with Crippen LogP contribution in [-0.4, -0.2) is 46.3 Å². The molecule has 19 heavy (non-hydrogen) atoms. The van der Waals surface area contributed by atoms with E-state index in [1.807, 2.05) is 6.92 Å². The molecule has 0 spiro atoms. The zero-order valence-electron chi connectivity index (χ0n) is 11.5. The molecule has 0 aliphatic carbocycles. The molecule has 0 aliphatic rings. The summed E-state index contributed by atoms with van der Waals surface area (Å²) in [6.07, 6.45) is 1.44. The van der Waals surface area contributed by atoms with Crippen LogP contribution in [0.25, 0.3) is 0 Å². The molecular weight excluding hydrogens is 248 g/mol. The number of anilines is 1. The molecule has 1 amide bonds. The summed E-state index contributed by atoms with van der Waals surface area (Å²) in [6.45, 7) is 6.52. The molecule has 1 heterocycles. The SMILES string of the molecule is CCOC(=O)CN(CC)C(=O)c1c(N)cnn1CC. The van der Waals surface area contributed by atoms with E-state index in [4.69, 9.17) is 10.5 Å². The van der Waals surface area contributed by atoms with E-state index in [1.165, 1.54) is 15.8 Å². The van der Waals surface area contributed by atoms with Crippen molar-refractivity contribution in [2.45, 2.75) is 27.3 Å². The number of amides is 1. The molecule has 0 aromatic carbocycles. The van der Waals surface area contributed by atoms with E-state index in [9.17, 15) is 9.59 Å². The zero-order valence-corrected chi connectivity index (χ0v) is 11.5. The van der Waals surface area contributed by atoms with Crippen molar-refractivity contribution in [3.05, 3.63) is 11.9 Å².